The number of hydrogen-bond acceptors (Lipinski definition) is 1. The van der Waals surface area contributed by atoms with E-state index in [4.69, 9.17) is 0 Å². The van der Waals surface area contributed by atoms with E-state index >= 15 is 0 Å². The van der Waals surface area contributed by atoms with Crippen LogP contribution in [-0.4, -0.2) is 19.0 Å². The first-order chi connectivity index (χ1) is 6.00. The summed E-state index contributed by atoms with van der Waals surface area (Å²) in [6, 6.07) is 4.57. The highest BCUT2D eigenvalue weighted by Crippen LogP contribution is 2.16. The summed E-state index contributed by atoms with van der Waals surface area (Å²) >= 11 is 0. The Morgan fingerprint density at radius 3 is 2.00 bits per heavy atom. The summed E-state index contributed by atoms with van der Waals surface area (Å²) in [5.74, 6) is 0. The van der Waals surface area contributed by atoms with Gasteiger partial charge in [0.15, 0.2) is 0 Å². The van der Waals surface area contributed by atoms with Crippen LogP contribution in [0.2, 0.25) is 0 Å². The van der Waals surface area contributed by atoms with Crippen LogP contribution in [0.5, 0.6) is 0 Å². The molecule has 0 saturated heterocycles. The van der Waals surface area contributed by atoms with Crippen molar-refractivity contribution in [1.29, 1.82) is 0 Å². The van der Waals surface area contributed by atoms with Crippen molar-refractivity contribution < 1.29 is 0 Å². The summed E-state index contributed by atoms with van der Waals surface area (Å²) in [6.45, 7) is 7.56. The van der Waals surface area contributed by atoms with E-state index in [1.807, 2.05) is 0 Å². The van der Waals surface area contributed by atoms with Crippen LogP contribution in [0.3, 0.4) is 0 Å². The molecule has 0 radical (unpaired) electrons. The zero-order valence-corrected chi connectivity index (χ0v) is 9.31. The first-order valence-electron chi connectivity index (χ1n) is 4.72. The molecule has 1 aromatic rings. The Morgan fingerprint density at radius 2 is 1.46 bits per heavy atom. The number of benzene rings is 1. The molecule has 0 aliphatic rings. The standard InChI is InChI=1S/C12H19N/c1-9-6-11(3)12(7-10(9)2)8-13(4)5/h6-7H,8H2,1-5H3. The van der Waals surface area contributed by atoms with Crippen LogP contribution < -0.4 is 0 Å². The van der Waals surface area contributed by atoms with E-state index in [1.54, 1.807) is 0 Å². The molecule has 0 unspecified atom stereocenters. The van der Waals surface area contributed by atoms with Crippen LogP contribution in [0, 0.1) is 20.8 Å². The number of aryl methyl sites for hydroxylation is 3. The van der Waals surface area contributed by atoms with Gasteiger partial charge in [0, 0.05) is 6.54 Å². The third-order valence-electron chi connectivity index (χ3n) is 2.44. The zero-order chi connectivity index (χ0) is 10.0. The second kappa shape index (κ2) is 3.93. The SMILES string of the molecule is Cc1cc(C)c(CN(C)C)cc1C. The average Bonchev–Trinajstić information content (AvgIpc) is 1.99. The second-order valence-electron chi connectivity index (χ2n) is 4.10. The molecule has 0 amide bonds. The van der Waals surface area contributed by atoms with Gasteiger partial charge in [0.2, 0.25) is 0 Å². The second-order valence-corrected chi connectivity index (χ2v) is 4.10. The van der Waals surface area contributed by atoms with Crippen molar-refractivity contribution in [3.63, 3.8) is 0 Å². The van der Waals surface area contributed by atoms with E-state index in [0.717, 1.165) is 6.54 Å². The van der Waals surface area contributed by atoms with Crippen LogP contribution in [0.1, 0.15) is 22.3 Å². The maximum Gasteiger partial charge on any atom is 0.0230 e. The van der Waals surface area contributed by atoms with Crippen LogP contribution >= 0.6 is 0 Å². The maximum absolute atomic E-state index is 2.30. The minimum atomic E-state index is 1.03. The zero-order valence-electron chi connectivity index (χ0n) is 9.31. The monoisotopic (exact) mass is 177 g/mol. The molecular weight excluding hydrogens is 158 g/mol. The van der Waals surface area contributed by atoms with Gasteiger partial charge in [-0.2, -0.15) is 0 Å². The molecule has 0 saturated carbocycles. The van der Waals surface area contributed by atoms with Gasteiger partial charge in [-0.15, -0.1) is 0 Å². The van der Waals surface area contributed by atoms with Gasteiger partial charge in [-0.3, -0.25) is 0 Å². The van der Waals surface area contributed by atoms with Crippen molar-refractivity contribution in [3.05, 3.63) is 34.4 Å². The van der Waals surface area contributed by atoms with Crippen LogP contribution in [0.25, 0.3) is 0 Å². The Bertz CT molecular complexity index is 300. The molecule has 1 rings (SSSR count). The quantitative estimate of drug-likeness (QED) is 0.671. The Labute approximate surface area is 81.4 Å². The fraction of sp³-hybridized carbons (Fsp3) is 0.500. The van der Waals surface area contributed by atoms with Gasteiger partial charge in [-0.1, -0.05) is 12.1 Å². The summed E-state index contributed by atoms with van der Waals surface area (Å²) in [4.78, 5) is 2.21. The lowest BCUT2D eigenvalue weighted by Crippen LogP contribution is -2.12. The number of nitrogens with zero attached hydrogens (tertiary/aromatic N) is 1. The molecule has 72 valence electrons. The van der Waals surface area contributed by atoms with Crippen LogP contribution in [0.15, 0.2) is 12.1 Å². The lowest BCUT2D eigenvalue weighted by atomic mass is 10.0. The molecule has 0 aliphatic heterocycles. The molecule has 0 N–H and O–H groups in total. The Hall–Kier alpha value is -0.820. The highest BCUT2D eigenvalue weighted by Gasteiger charge is 2.02. The molecule has 0 spiro atoms. The first kappa shape index (κ1) is 10.3. The van der Waals surface area contributed by atoms with Crippen LogP contribution in [-0.2, 0) is 6.54 Å². The summed E-state index contributed by atoms with van der Waals surface area (Å²) in [5.41, 5.74) is 5.62. The minimum absolute atomic E-state index is 1.03. The van der Waals surface area contributed by atoms with Gasteiger partial charge >= 0.3 is 0 Å². The molecule has 13 heavy (non-hydrogen) atoms. The molecule has 1 aromatic carbocycles. The number of hydrogen-bond donors (Lipinski definition) is 0. The smallest absolute Gasteiger partial charge is 0.0230 e. The van der Waals surface area contributed by atoms with Gasteiger partial charge in [-0.25, -0.2) is 0 Å². The normalized spacial score (nSPS) is 10.9. The third-order valence-corrected chi connectivity index (χ3v) is 2.44. The molecule has 0 aromatic heterocycles. The average molecular weight is 177 g/mol. The molecule has 0 atom stereocenters. The van der Waals surface area contributed by atoms with Crippen molar-refractivity contribution in [2.45, 2.75) is 27.3 Å². The van der Waals surface area contributed by atoms with Crippen molar-refractivity contribution in [3.8, 4) is 0 Å². The van der Waals surface area contributed by atoms with E-state index in [1.165, 1.54) is 22.3 Å². The Balaban J connectivity index is 3.01. The topological polar surface area (TPSA) is 3.24 Å². The van der Waals surface area contributed by atoms with E-state index in [2.05, 4.69) is 51.9 Å². The van der Waals surface area contributed by atoms with Gasteiger partial charge in [-0.05, 0) is 57.1 Å². The Kier molecular flexibility index (Phi) is 3.10. The molecule has 0 bridgehead atoms. The van der Waals surface area contributed by atoms with Gasteiger partial charge in [0.25, 0.3) is 0 Å². The van der Waals surface area contributed by atoms with Crippen molar-refractivity contribution in [1.82, 2.24) is 4.90 Å². The molecule has 0 aliphatic carbocycles. The molecule has 0 fully saturated rings. The van der Waals surface area contributed by atoms with Gasteiger partial charge in [0.05, 0.1) is 0 Å². The predicted octanol–water partition coefficient (Wildman–Crippen LogP) is 2.67. The highest BCUT2D eigenvalue weighted by atomic mass is 15.0. The molecule has 1 heteroatoms. The first-order valence-corrected chi connectivity index (χ1v) is 4.72. The number of rotatable bonds is 2. The van der Waals surface area contributed by atoms with Gasteiger partial charge in [0.1, 0.15) is 0 Å². The van der Waals surface area contributed by atoms with E-state index in [0.29, 0.717) is 0 Å². The minimum Gasteiger partial charge on any atom is -0.305 e. The fourth-order valence-corrected chi connectivity index (χ4v) is 1.53. The van der Waals surface area contributed by atoms with E-state index in [-0.39, 0.29) is 0 Å². The van der Waals surface area contributed by atoms with Crippen LogP contribution in [0.4, 0.5) is 0 Å². The van der Waals surface area contributed by atoms with E-state index < -0.39 is 0 Å². The summed E-state index contributed by atoms with van der Waals surface area (Å²) in [7, 11) is 4.21. The summed E-state index contributed by atoms with van der Waals surface area (Å²) in [5, 5.41) is 0. The largest absolute Gasteiger partial charge is 0.305 e. The lowest BCUT2D eigenvalue weighted by Gasteiger charge is -2.14. The molecular formula is C12H19N. The van der Waals surface area contributed by atoms with Crippen molar-refractivity contribution >= 4 is 0 Å². The van der Waals surface area contributed by atoms with E-state index in [9.17, 15) is 0 Å². The van der Waals surface area contributed by atoms with Gasteiger partial charge < -0.3 is 4.90 Å². The third kappa shape index (κ3) is 2.56. The fourth-order valence-electron chi connectivity index (χ4n) is 1.53. The summed E-state index contributed by atoms with van der Waals surface area (Å²) in [6.07, 6.45) is 0. The highest BCUT2D eigenvalue weighted by molar-refractivity contribution is 5.36. The molecule has 0 heterocycles. The van der Waals surface area contributed by atoms with Crippen molar-refractivity contribution in [2.75, 3.05) is 14.1 Å². The van der Waals surface area contributed by atoms with Crippen molar-refractivity contribution in [2.24, 2.45) is 0 Å². The lowest BCUT2D eigenvalue weighted by molar-refractivity contribution is 0.401. The predicted molar refractivity (Wildman–Crippen MR) is 58.0 cm³/mol. The Morgan fingerprint density at radius 1 is 0.923 bits per heavy atom. The summed E-state index contributed by atoms with van der Waals surface area (Å²) < 4.78 is 0. The molecule has 1 nitrogen and oxygen atoms in total. The maximum atomic E-state index is 2.30.